The van der Waals surface area contributed by atoms with Gasteiger partial charge in [0.25, 0.3) is 0 Å². The molecule has 12 heavy (non-hydrogen) atoms. The largest absolute Gasteiger partial charge is 0.255 e. The van der Waals surface area contributed by atoms with Crippen molar-refractivity contribution in [1.82, 2.24) is 0 Å². The Balaban J connectivity index is 0.000000561. The predicted molar refractivity (Wildman–Crippen MR) is 55.8 cm³/mol. The quantitative estimate of drug-likeness (QED) is 0.566. The Morgan fingerprint density at radius 1 is 1.50 bits per heavy atom. The van der Waals surface area contributed by atoms with Crippen molar-refractivity contribution < 1.29 is 0 Å². The van der Waals surface area contributed by atoms with Crippen molar-refractivity contribution >= 4 is 11.9 Å². The lowest BCUT2D eigenvalue weighted by Crippen LogP contribution is -1.98. The van der Waals surface area contributed by atoms with Crippen LogP contribution in [0, 0.1) is 0 Å². The minimum atomic E-state index is 0.683. The fourth-order valence-corrected chi connectivity index (χ4v) is 0.645. The molecule has 0 radical (unpaired) electrons. The van der Waals surface area contributed by atoms with Gasteiger partial charge in [0.15, 0.2) is 0 Å². The highest BCUT2D eigenvalue weighted by molar-refractivity contribution is 6.12. The molecule has 0 aromatic carbocycles. The Bertz CT molecular complexity index is 245. The maximum absolute atomic E-state index is 3.95. The molecule has 0 atom stereocenters. The summed E-state index contributed by atoms with van der Waals surface area (Å²) in [6.45, 7) is 11.2. The van der Waals surface area contributed by atoms with E-state index in [9.17, 15) is 0 Å². The van der Waals surface area contributed by atoms with Gasteiger partial charge in [-0.15, -0.1) is 0 Å². The summed E-state index contributed by atoms with van der Waals surface area (Å²) in [4.78, 5) is 7.89. The highest BCUT2D eigenvalue weighted by Gasteiger charge is 1.98. The normalized spacial score (nSPS) is 17.2. The molecule has 0 saturated carbocycles. The topological polar surface area (TPSA) is 24.7 Å². The van der Waals surface area contributed by atoms with Crippen LogP contribution in [0.1, 0.15) is 13.8 Å². The van der Waals surface area contributed by atoms with Gasteiger partial charge in [-0.25, -0.2) is 0 Å². The molecule has 1 aliphatic heterocycles. The second kappa shape index (κ2) is 6.28. The summed E-state index contributed by atoms with van der Waals surface area (Å²) in [6, 6.07) is 0. The summed E-state index contributed by atoms with van der Waals surface area (Å²) in [5.41, 5.74) is 1.46. The lowest BCUT2D eigenvalue weighted by Gasteiger charge is -2.00. The molecule has 0 saturated heterocycles. The standard InChI is InChI=1S/C8H8N2.C2H6/c1-3-9-8-5-4-6-10-7(8)2;1-2/h3-6H,1-2H2;1-2H3. The van der Waals surface area contributed by atoms with Crippen molar-refractivity contribution in [1.29, 1.82) is 0 Å². The second-order valence-corrected chi connectivity index (χ2v) is 1.78. The zero-order chi connectivity index (χ0) is 9.40. The molecule has 0 aliphatic carbocycles. The van der Waals surface area contributed by atoms with E-state index in [2.05, 4.69) is 23.1 Å². The first-order chi connectivity index (χ1) is 5.84. The van der Waals surface area contributed by atoms with Gasteiger partial charge < -0.3 is 0 Å². The van der Waals surface area contributed by atoms with Crippen molar-refractivity contribution in [3.63, 3.8) is 0 Å². The molecule has 1 aliphatic rings. The van der Waals surface area contributed by atoms with Crippen LogP contribution < -0.4 is 0 Å². The van der Waals surface area contributed by atoms with Gasteiger partial charge >= 0.3 is 0 Å². The van der Waals surface area contributed by atoms with Crippen molar-refractivity contribution in [2.75, 3.05) is 0 Å². The monoisotopic (exact) mass is 162 g/mol. The predicted octanol–water partition coefficient (Wildman–Crippen LogP) is 2.75. The van der Waals surface area contributed by atoms with Gasteiger partial charge in [-0.2, -0.15) is 0 Å². The van der Waals surface area contributed by atoms with Crippen LogP contribution in [-0.4, -0.2) is 11.9 Å². The van der Waals surface area contributed by atoms with Gasteiger partial charge in [-0.1, -0.05) is 27.0 Å². The van der Waals surface area contributed by atoms with E-state index in [4.69, 9.17) is 0 Å². The summed E-state index contributed by atoms with van der Waals surface area (Å²) < 4.78 is 0. The molecule has 0 aromatic rings. The molecule has 1 heterocycles. The molecular weight excluding hydrogens is 148 g/mol. The molecule has 0 fully saturated rings. The van der Waals surface area contributed by atoms with E-state index < -0.39 is 0 Å². The van der Waals surface area contributed by atoms with Crippen LogP contribution in [0.15, 0.2) is 47.2 Å². The molecule has 0 N–H and O–H groups in total. The average molecular weight is 162 g/mol. The third kappa shape index (κ3) is 3.10. The minimum Gasteiger partial charge on any atom is -0.255 e. The Labute approximate surface area is 73.7 Å². The number of dihydropyridines is 1. The summed E-state index contributed by atoms with van der Waals surface area (Å²) >= 11 is 0. The van der Waals surface area contributed by atoms with Crippen molar-refractivity contribution in [2.24, 2.45) is 9.98 Å². The summed E-state index contributed by atoms with van der Waals surface area (Å²) in [7, 11) is 0. The highest BCUT2D eigenvalue weighted by atomic mass is 14.8. The Hall–Kier alpha value is -1.44. The summed E-state index contributed by atoms with van der Waals surface area (Å²) in [5, 5.41) is 0. The highest BCUT2D eigenvalue weighted by Crippen LogP contribution is 2.02. The zero-order valence-corrected chi connectivity index (χ0v) is 7.62. The third-order valence-corrected chi connectivity index (χ3v) is 1.10. The number of hydrogen-bond donors (Lipinski definition) is 0. The smallest absolute Gasteiger partial charge is 0.0880 e. The van der Waals surface area contributed by atoms with Crippen LogP contribution in [0.3, 0.4) is 0 Å². The van der Waals surface area contributed by atoms with Crippen LogP contribution in [0.2, 0.25) is 0 Å². The van der Waals surface area contributed by atoms with Gasteiger partial charge in [0.1, 0.15) is 0 Å². The van der Waals surface area contributed by atoms with Crippen molar-refractivity contribution in [3.8, 4) is 0 Å². The number of aliphatic imine (C=N–C) groups is 2. The molecule has 0 unspecified atom stereocenters. The Morgan fingerprint density at radius 2 is 2.17 bits per heavy atom. The number of rotatable bonds is 1. The first-order valence-electron chi connectivity index (χ1n) is 3.93. The first kappa shape index (κ1) is 10.6. The number of hydrogen-bond acceptors (Lipinski definition) is 2. The number of nitrogens with zero attached hydrogens (tertiary/aromatic N) is 2. The molecule has 64 valence electrons. The molecule has 0 amide bonds. The summed E-state index contributed by atoms with van der Waals surface area (Å²) in [6.07, 6.45) is 6.82. The van der Waals surface area contributed by atoms with Gasteiger partial charge in [-0.05, 0) is 12.2 Å². The van der Waals surface area contributed by atoms with Gasteiger partial charge in [0.2, 0.25) is 0 Å². The van der Waals surface area contributed by atoms with Crippen molar-refractivity contribution in [3.05, 3.63) is 37.2 Å². The maximum Gasteiger partial charge on any atom is 0.0880 e. The van der Waals surface area contributed by atoms with Crippen LogP contribution in [0.25, 0.3) is 0 Å². The average Bonchev–Trinajstić information content (AvgIpc) is 2.13. The van der Waals surface area contributed by atoms with Gasteiger partial charge in [-0.3, -0.25) is 9.98 Å². The molecular formula is C10H14N2. The van der Waals surface area contributed by atoms with Crippen LogP contribution >= 0.6 is 0 Å². The first-order valence-corrected chi connectivity index (χ1v) is 3.93. The zero-order valence-electron chi connectivity index (χ0n) is 7.62. The van der Waals surface area contributed by atoms with E-state index in [1.807, 2.05) is 26.0 Å². The fraction of sp³-hybridized carbons (Fsp3) is 0.200. The maximum atomic E-state index is 3.95. The lowest BCUT2D eigenvalue weighted by atomic mass is 10.2. The SMILES string of the molecule is C=CN=C1C=CC=NC1=C.CC. The van der Waals surface area contributed by atoms with Gasteiger partial charge in [0.05, 0.1) is 11.4 Å². The molecule has 2 heteroatoms. The molecule has 2 nitrogen and oxygen atoms in total. The molecule has 0 bridgehead atoms. The van der Waals surface area contributed by atoms with Crippen LogP contribution in [0.4, 0.5) is 0 Å². The Kier molecular flexibility index (Phi) is 5.53. The summed E-state index contributed by atoms with van der Waals surface area (Å²) in [5.74, 6) is 0. The molecule has 1 rings (SSSR count). The van der Waals surface area contributed by atoms with E-state index >= 15 is 0 Å². The van der Waals surface area contributed by atoms with Crippen LogP contribution in [0.5, 0.6) is 0 Å². The third-order valence-electron chi connectivity index (χ3n) is 1.10. The lowest BCUT2D eigenvalue weighted by molar-refractivity contribution is 1.45. The fourth-order valence-electron chi connectivity index (χ4n) is 0.645. The molecule has 0 aromatic heterocycles. The van der Waals surface area contributed by atoms with E-state index in [1.165, 1.54) is 6.20 Å². The van der Waals surface area contributed by atoms with E-state index in [1.54, 1.807) is 6.21 Å². The number of allylic oxidation sites excluding steroid dienone is 2. The minimum absolute atomic E-state index is 0.683. The van der Waals surface area contributed by atoms with E-state index in [0.29, 0.717) is 5.70 Å². The Morgan fingerprint density at radius 3 is 2.67 bits per heavy atom. The van der Waals surface area contributed by atoms with E-state index in [-0.39, 0.29) is 0 Å². The second-order valence-electron chi connectivity index (χ2n) is 1.78. The molecule has 0 spiro atoms. The van der Waals surface area contributed by atoms with E-state index in [0.717, 1.165) is 5.71 Å². The van der Waals surface area contributed by atoms with Crippen LogP contribution in [-0.2, 0) is 0 Å². The van der Waals surface area contributed by atoms with Crippen molar-refractivity contribution in [2.45, 2.75) is 13.8 Å². The van der Waals surface area contributed by atoms with Gasteiger partial charge in [0, 0.05) is 12.4 Å².